The summed E-state index contributed by atoms with van der Waals surface area (Å²) in [6.07, 6.45) is 0. The molecule has 0 fully saturated rings. The van der Waals surface area contributed by atoms with Crippen LogP contribution in [0.5, 0.6) is 11.5 Å². The van der Waals surface area contributed by atoms with E-state index in [9.17, 15) is 0 Å². The molecule has 3 heteroatoms. The van der Waals surface area contributed by atoms with E-state index in [0.29, 0.717) is 0 Å². The third kappa shape index (κ3) is 9.79. The van der Waals surface area contributed by atoms with Gasteiger partial charge in [-0.2, -0.15) is 0 Å². The van der Waals surface area contributed by atoms with Crippen LogP contribution in [0.15, 0.2) is 206 Å². The first-order valence-corrected chi connectivity index (χ1v) is 27.1. The van der Waals surface area contributed by atoms with Crippen LogP contribution in [0.3, 0.4) is 0 Å². The fourth-order valence-electron chi connectivity index (χ4n) is 11.4. The van der Waals surface area contributed by atoms with E-state index in [4.69, 9.17) is 4.74 Å². The van der Waals surface area contributed by atoms with Gasteiger partial charge in [-0.1, -0.05) is 292 Å². The van der Waals surface area contributed by atoms with E-state index in [1.165, 1.54) is 87.9 Å². The van der Waals surface area contributed by atoms with Crippen LogP contribution in [0.4, 0.5) is 0 Å². The Bertz CT molecular complexity index is 3590. The lowest BCUT2D eigenvalue weighted by Crippen LogP contribution is -2.52. The Balaban J connectivity index is 0.895. The topological polar surface area (TPSA) is 9.23 Å². The molecule has 1 nitrogen and oxygen atoms in total. The zero-order chi connectivity index (χ0) is 52.6. The minimum Gasteiger partial charge on any atom is -0.456 e. The van der Waals surface area contributed by atoms with Crippen molar-refractivity contribution in [1.82, 2.24) is 0 Å². The van der Waals surface area contributed by atoms with Gasteiger partial charge in [0.2, 0.25) is 13.4 Å². The van der Waals surface area contributed by atoms with Crippen molar-refractivity contribution in [2.45, 2.75) is 105 Å². The van der Waals surface area contributed by atoms with E-state index < -0.39 is 0 Å². The largest absolute Gasteiger partial charge is 0.456 e. The molecular formula is C72H70B2O. The molecule has 1 heterocycles. The fourth-order valence-corrected chi connectivity index (χ4v) is 11.4. The third-order valence-corrected chi connectivity index (χ3v) is 16.0. The summed E-state index contributed by atoms with van der Waals surface area (Å²) in [4.78, 5) is 0. The van der Waals surface area contributed by atoms with Gasteiger partial charge < -0.3 is 4.74 Å². The van der Waals surface area contributed by atoms with Gasteiger partial charge in [-0.05, 0) is 118 Å². The standard InChI is InChI=1S/C72H70B2O/c1-69(2,3)52-23-35-58(36-24-52)73(59-37-25-53(26-38-59)70(4,5)6)56-31-18-47(19-32-56)49-16-17-51-45-65-62-43-22-50(46-67(62)75-66-15-13-14-63(68(65)66)64(51)44-49)48-20-33-57(34-21-48)74(60-39-27-54(28-40-60)71(7,8)9)61-41-29-55(30-42-61)72(10,11)12/h13-46H,1-12H3. The summed E-state index contributed by atoms with van der Waals surface area (Å²) >= 11 is 0. The highest BCUT2D eigenvalue weighted by Crippen LogP contribution is 2.50. The van der Waals surface area contributed by atoms with Gasteiger partial charge in [0.15, 0.2) is 0 Å². The molecule has 370 valence electrons. The zero-order valence-electron chi connectivity index (χ0n) is 46.2. The number of hydrogen-bond acceptors (Lipinski definition) is 1. The quantitative estimate of drug-likeness (QED) is 0.109. The monoisotopic (exact) mass is 973 g/mol. The summed E-state index contributed by atoms with van der Waals surface area (Å²) < 4.78 is 6.87. The molecule has 0 amide bonds. The number of ether oxygens (including phenoxy) is 1. The minimum atomic E-state index is 0.0943. The van der Waals surface area contributed by atoms with Crippen molar-refractivity contribution in [3.05, 3.63) is 229 Å². The van der Waals surface area contributed by atoms with E-state index in [2.05, 4.69) is 289 Å². The van der Waals surface area contributed by atoms with E-state index >= 15 is 0 Å². The predicted octanol–water partition coefficient (Wildman–Crippen LogP) is 15.3. The fraction of sp³-hybridized carbons (Fsp3) is 0.222. The van der Waals surface area contributed by atoms with E-state index in [1.807, 2.05) is 0 Å². The molecule has 0 bridgehead atoms. The van der Waals surface area contributed by atoms with Crippen LogP contribution in [-0.4, -0.2) is 13.4 Å². The van der Waals surface area contributed by atoms with Crippen molar-refractivity contribution >= 4 is 67.7 Å². The lowest BCUT2D eigenvalue weighted by molar-refractivity contribution is 0.487. The van der Waals surface area contributed by atoms with Crippen LogP contribution in [0.2, 0.25) is 0 Å². The zero-order valence-corrected chi connectivity index (χ0v) is 46.2. The lowest BCUT2D eigenvalue weighted by atomic mass is 9.36. The highest BCUT2D eigenvalue weighted by molar-refractivity contribution is 6.96. The molecule has 0 aromatic heterocycles. The summed E-state index contributed by atoms with van der Waals surface area (Å²) in [6.45, 7) is 27.6. The molecule has 11 rings (SSSR count). The molecule has 75 heavy (non-hydrogen) atoms. The van der Waals surface area contributed by atoms with Crippen molar-refractivity contribution in [3.63, 3.8) is 0 Å². The average Bonchev–Trinajstić information content (AvgIpc) is 3.39. The molecule has 0 saturated carbocycles. The number of benzene rings is 10. The van der Waals surface area contributed by atoms with Gasteiger partial charge in [0, 0.05) is 10.9 Å². The molecule has 0 radical (unpaired) electrons. The van der Waals surface area contributed by atoms with Crippen molar-refractivity contribution < 1.29 is 4.74 Å². The van der Waals surface area contributed by atoms with Crippen LogP contribution in [-0.2, 0) is 21.7 Å². The molecule has 0 aliphatic carbocycles. The van der Waals surface area contributed by atoms with Crippen LogP contribution in [0.25, 0.3) is 54.9 Å². The summed E-state index contributed by atoms with van der Waals surface area (Å²) in [7, 11) is 0. The van der Waals surface area contributed by atoms with Crippen molar-refractivity contribution in [2.75, 3.05) is 0 Å². The van der Waals surface area contributed by atoms with Crippen molar-refractivity contribution in [1.29, 1.82) is 0 Å². The van der Waals surface area contributed by atoms with Gasteiger partial charge in [-0.3, -0.25) is 0 Å². The molecular weight excluding hydrogens is 902 g/mol. The summed E-state index contributed by atoms with van der Waals surface area (Å²) in [5, 5.41) is 4.81. The number of rotatable bonds is 8. The molecule has 0 spiro atoms. The molecule has 0 atom stereocenters. The molecule has 0 unspecified atom stereocenters. The van der Waals surface area contributed by atoms with Crippen LogP contribution in [0, 0.1) is 0 Å². The number of hydrogen-bond donors (Lipinski definition) is 0. The molecule has 1 aliphatic rings. The molecule has 10 aromatic rings. The second-order valence-electron chi connectivity index (χ2n) is 25.4. The lowest BCUT2D eigenvalue weighted by Gasteiger charge is -2.24. The summed E-state index contributed by atoms with van der Waals surface area (Å²) in [6, 6.07) is 78.2. The van der Waals surface area contributed by atoms with Crippen LogP contribution >= 0.6 is 0 Å². The van der Waals surface area contributed by atoms with Crippen LogP contribution in [0.1, 0.15) is 105 Å². The minimum absolute atomic E-state index is 0.0943. The predicted molar refractivity (Wildman–Crippen MR) is 328 cm³/mol. The SMILES string of the molecule is CC(C)(C)c1ccc(B(c2ccc(-c3ccc4c(c3)Oc3cccc5c3c-4cc3ccc(-c4ccc(B(c6ccc(C(C)(C)C)cc6)c6ccc(C(C)(C)C)cc6)cc4)cc35)cc2)c2ccc(C(C)(C)C)cc2)cc1. The molecule has 0 N–H and O–H groups in total. The second kappa shape index (κ2) is 18.8. The first-order chi connectivity index (χ1) is 35.7. The first kappa shape index (κ1) is 49.8. The van der Waals surface area contributed by atoms with E-state index in [0.717, 1.165) is 33.6 Å². The van der Waals surface area contributed by atoms with Gasteiger partial charge in [-0.15, -0.1) is 0 Å². The Hall–Kier alpha value is -7.35. The Morgan fingerprint density at radius 1 is 0.280 bits per heavy atom. The maximum absolute atomic E-state index is 6.87. The van der Waals surface area contributed by atoms with Gasteiger partial charge in [0.1, 0.15) is 11.5 Å². The molecule has 0 saturated heterocycles. The first-order valence-electron chi connectivity index (χ1n) is 27.1. The van der Waals surface area contributed by atoms with E-state index in [-0.39, 0.29) is 35.1 Å². The highest BCUT2D eigenvalue weighted by atomic mass is 16.5. The Morgan fingerprint density at radius 3 is 1.01 bits per heavy atom. The number of fused-ring (bicyclic) bond motifs is 4. The molecule has 10 aromatic carbocycles. The average molecular weight is 973 g/mol. The highest BCUT2D eigenvalue weighted by Gasteiger charge is 2.28. The van der Waals surface area contributed by atoms with Crippen molar-refractivity contribution in [2.24, 2.45) is 0 Å². The van der Waals surface area contributed by atoms with Gasteiger partial charge >= 0.3 is 0 Å². The molecule has 1 aliphatic heterocycles. The Labute approximate surface area is 448 Å². The maximum atomic E-state index is 6.87. The van der Waals surface area contributed by atoms with Gasteiger partial charge in [0.05, 0.1) is 0 Å². The third-order valence-electron chi connectivity index (χ3n) is 16.0. The summed E-state index contributed by atoms with van der Waals surface area (Å²) in [5.74, 6) is 1.78. The van der Waals surface area contributed by atoms with Crippen LogP contribution < -0.4 is 37.5 Å². The second-order valence-corrected chi connectivity index (χ2v) is 25.4. The van der Waals surface area contributed by atoms with Gasteiger partial charge in [-0.25, -0.2) is 0 Å². The summed E-state index contributed by atoms with van der Waals surface area (Å²) in [5.41, 5.74) is 20.6. The van der Waals surface area contributed by atoms with Crippen molar-refractivity contribution in [3.8, 4) is 44.9 Å². The maximum Gasteiger partial charge on any atom is 0.241 e. The normalized spacial score (nSPS) is 12.6. The van der Waals surface area contributed by atoms with E-state index in [1.54, 1.807) is 0 Å². The van der Waals surface area contributed by atoms with Gasteiger partial charge in [0.25, 0.3) is 0 Å². The smallest absolute Gasteiger partial charge is 0.241 e. The Kier molecular flexibility index (Phi) is 12.5. The Morgan fingerprint density at radius 2 is 0.627 bits per heavy atom.